The van der Waals surface area contributed by atoms with Gasteiger partial charge in [0.05, 0.1) is 11.5 Å². The molecule has 0 saturated heterocycles. The Morgan fingerprint density at radius 2 is 0.726 bits per heavy atom. The number of thioether (sulfide) groups is 2. The van der Waals surface area contributed by atoms with Crippen molar-refractivity contribution in [2.75, 3.05) is 16.1 Å². The van der Waals surface area contributed by atoms with E-state index < -0.39 is 5.41 Å². The molecule has 2 unspecified atom stereocenters. The van der Waals surface area contributed by atoms with E-state index in [0.29, 0.717) is 0 Å². The van der Waals surface area contributed by atoms with Crippen LogP contribution < -0.4 is 9.80 Å². The second kappa shape index (κ2) is 25.4. The van der Waals surface area contributed by atoms with Gasteiger partial charge in [0.25, 0.3) is 0 Å². The van der Waals surface area contributed by atoms with Crippen LogP contribution in [0.1, 0.15) is 60.1 Å². The summed E-state index contributed by atoms with van der Waals surface area (Å²) in [5, 5.41) is 10.3. The SMILES string of the molecule is CSC(=S)SC(CC(CC(C)(C)C#N)c1ccc2c(c1)CC2)c1ccc(-c2ccc(-c3ccc(N(c4ccccc4)c4ccc(-c5ccc(N(c6ccc(-c7ccccc7)cc6)c6ccc(-c7ccccc7)cc6)cc5)cc4)cc3)cc2)cc1. The molecule has 3 nitrogen and oxygen atoms in total. The first-order valence-electron chi connectivity index (χ1n) is 28.9. The van der Waals surface area contributed by atoms with Crippen LogP contribution in [0.2, 0.25) is 0 Å². The first-order chi connectivity index (χ1) is 41.1. The van der Waals surface area contributed by atoms with E-state index >= 15 is 0 Å². The number of fused-ring (bicyclic) bond motifs is 1. The van der Waals surface area contributed by atoms with E-state index in [2.05, 4.69) is 315 Å². The van der Waals surface area contributed by atoms with Crippen molar-refractivity contribution < 1.29 is 0 Å². The van der Waals surface area contributed by atoms with E-state index in [-0.39, 0.29) is 11.2 Å². The summed E-state index contributed by atoms with van der Waals surface area (Å²) in [6.07, 6.45) is 6.08. The Kier molecular flexibility index (Phi) is 16.9. The van der Waals surface area contributed by atoms with Gasteiger partial charge in [-0.2, -0.15) is 5.26 Å². The third kappa shape index (κ3) is 12.8. The molecule has 0 amide bonds. The number of thiocarbonyl (C=S) groups is 1. The quantitative estimate of drug-likeness (QED) is 0.0796. The second-order valence-corrected chi connectivity index (χ2v) is 25.6. The second-order valence-electron chi connectivity index (χ2n) is 22.4. The summed E-state index contributed by atoms with van der Waals surface area (Å²) in [7, 11) is 0. The Bertz CT molecular complexity index is 3950. The maximum atomic E-state index is 10.1. The van der Waals surface area contributed by atoms with Gasteiger partial charge in [0.15, 0.2) is 0 Å². The smallest absolute Gasteiger partial charge is 0.104 e. The Balaban J connectivity index is 0.755. The first kappa shape index (κ1) is 55.8. The van der Waals surface area contributed by atoms with Gasteiger partial charge in [-0.1, -0.05) is 230 Å². The number of anilines is 6. The molecule has 1 aliphatic carbocycles. The molecule has 0 heterocycles. The van der Waals surface area contributed by atoms with Crippen LogP contribution in [0.15, 0.2) is 279 Å². The molecule has 0 spiro atoms. The molecule has 0 saturated carbocycles. The van der Waals surface area contributed by atoms with Gasteiger partial charge in [-0.05, 0) is 202 Å². The highest BCUT2D eigenvalue weighted by Crippen LogP contribution is 2.46. The molecule has 12 rings (SSSR count). The number of hydrogen-bond acceptors (Lipinski definition) is 6. The van der Waals surface area contributed by atoms with Gasteiger partial charge in [0.2, 0.25) is 0 Å². The zero-order valence-corrected chi connectivity index (χ0v) is 50.1. The van der Waals surface area contributed by atoms with Crippen LogP contribution in [-0.4, -0.2) is 9.78 Å². The summed E-state index contributed by atoms with van der Waals surface area (Å²) in [6, 6.07) is 104. The minimum Gasteiger partial charge on any atom is -0.311 e. The van der Waals surface area contributed by atoms with E-state index in [1.807, 2.05) is 0 Å². The molecule has 2 atom stereocenters. The van der Waals surface area contributed by atoms with E-state index in [0.717, 1.165) is 85.6 Å². The summed E-state index contributed by atoms with van der Waals surface area (Å²) in [5.41, 5.74) is 23.4. The number of rotatable bonds is 18. The Morgan fingerprint density at radius 3 is 1.06 bits per heavy atom. The van der Waals surface area contributed by atoms with E-state index in [4.69, 9.17) is 12.2 Å². The van der Waals surface area contributed by atoms with Gasteiger partial charge in [0, 0.05) is 39.4 Å². The lowest BCUT2D eigenvalue weighted by molar-refractivity contribution is 0.386. The lowest BCUT2D eigenvalue weighted by atomic mass is 9.76. The van der Waals surface area contributed by atoms with E-state index in [1.54, 1.807) is 23.5 Å². The fraction of sp³-hybridized carbons (Fsp3) is 0.128. The highest BCUT2D eigenvalue weighted by Gasteiger charge is 2.30. The zero-order valence-electron chi connectivity index (χ0n) is 47.6. The summed E-state index contributed by atoms with van der Waals surface area (Å²) in [6.45, 7) is 4.14. The number of aryl methyl sites for hydroxylation is 2. The predicted octanol–water partition coefficient (Wildman–Crippen LogP) is 22.6. The summed E-state index contributed by atoms with van der Waals surface area (Å²) in [5.74, 6) is 0.240. The van der Waals surface area contributed by atoms with Gasteiger partial charge < -0.3 is 9.80 Å². The standard InChI is InChI=1S/C78H65N3S3/c1-78(2,54-79)53-69(68-30-26-65-25-29-67(65)51-68)52-76(84-77(82)83-3)66-27-23-59(24-28-66)57-19-21-58(22-20-57)62-35-45-71(46-36-62)80(70-17-11-6-12-18-70)72-47-37-63(38-48-72)64-39-49-75(50-40-64)81(73-41-31-60(32-42-73)55-13-7-4-8-14-55)74-43-33-61(34-44-74)56-15-9-5-10-16-56/h4-24,26-28,30-51,69,76H,25,29,52-53H2,1-3H3. The third-order valence-corrected chi connectivity index (χ3v) is 19.2. The Hall–Kier alpha value is -8.70. The topological polar surface area (TPSA) is 30.3 Å². The number of nitrogens with zero attached hydrogens (tertiary/aromatic N) is 3. The van der Waals surface area contributed by atoms with Crippen molar-refractivity contribution >= 4 is 73.4 Å². The molecule has 0 radical (unpaired) electrons. The predicted molar refractivity (Wildman–Crippen MR) is 365 cm³/mol. The molecule has 0 aliphatic heterocycles. The third-order valence-electron chi connectivity index (χ3n) is 16.4. The number of benzene rings is 11. The van der Waals surface area contributed by atoms with Crippen LogP contribution in [0.25, 0.3) is 55.6 Å². The molecule has 0 N–H and O–H groups in total. The lowest BCUT2D eigenvalue weighted by Crippen LogP contribution is -2.17. The fourth-order valence-corrected chi connectivity index (χ4v) is 13.6. The van der Waals surface area contributed by atoms with Crippen molar-refractivity contribution in [3.8, 4) is 61.7 Å². The Morgan fingerprint density at radius 1 is 0.417 bits per heavy atom. The minimum absolute atomic E-state index is 0.167. The fourth-order valence-electron chi connectivity index (χ4n) is 11.6. The molecule has 410 valence electrons. The summed E-state index contributed by atoms with van der Waals surface area (Å²) in [4.78, 5) is 4.66. The van der Waals surface area contributed by atoms with Crippen LogP contribution in [0, 0.1) is 16.7 Å². The van der Waals surface area contributed by atoms with Crippen molar-refractivity contribution in [2.24, 2.45) is 5.41 Å². The van der Waals surface area contributed by atoms with Gasteiger partial charge >= 0.3 is 0 Å². The van der Waals surface area contributed by atoms with Crippen molar-refractivity contribution in [1.82, 2.24) is 0 Å². The number of nitriles is 1. The van der Waals surface area contributed by atoms with Crippen LogP contribution in [0.5, 0.6) is 0 Å². The molecule has 1 aliphatic rings. The highest BCUT2D eigenvalue weighted by molar-refractivity contribution is 8.47. The number of para-hydroxylation sites is 1. The first-order valence-corrected chi connectivity index (χ1v) is 31.4. The molecule has 0 aromatic heterocycles. The molecule has 6 heteroatoms. The maximum absolute atomic E-state index is 10.1. The molecule has 0 fully saturated rings. The van der Waals surface area contributed by atoms with E-state index in [9.17, 15) is 5.26 Å². The lowest BCUT2D eigenvalue weighted by Gasteiger charge is -2.30. The van der Waals surface area contributed by atoms with Crippen molar-refractivity contribution in [2.45, 2.75) is 50.7 Å². The molecule has 11 aromatic carbocycles. The normalized spacial score (nSPS) is 12.5. The molecule has 84 heavy (non-hydrogen) atoms. The maximum Gasteiger partial charge on any atom is 0.104 e. The highest BCUT2D eigenvalue weighted by atomic mass is 32.2. The van der Waals surface area contributed by atoms with Crippen LogP contribution >= 0.6 is 35.7 Å². The largest absolute Gasteiger partial charge is 0.311 e. The molecular formula is C78H65N3S3. The molecule has 11 aromatic rings. The van der Waals surface area contributed by atoms with Crippen LogP contribution in [-0.2, 0) is 12.8 Å². The molecular weight excluding hydrogens is 1080 g/mol. The molecule has 0 bridgehead atoms. The van der Waals surface area contributed by atoms with Crippen LogP contribution in [0.3, 0.4) is 0 Å². The number of hydrogen-bond donors (Lipinski definition) is 0. The van der Waals surface area contributed by atoms with Crippen molar-refractivity contribution in [3.05, 3.63) is 301 Å². The minimum atomic E-state index is -0.434. The van der Waals surface area contributed by atoms with Gasteiger partial charge in [0.1, 0.15) is 3.53 Å². The average molecular weight is 1140 g/mol. The van der Waals surface area contributed by atoms with Gasteiger partial charge in [-0.25, -0.2) is 0 Å². The summed E-state index contributed by atoms with van der Waals surface area (Å²) < 4.78 is 0.941. The van der Waals surface area contributed by atoms with Crippen molar-refractivity contribution in [3.63, 3.8) is 0 Å². The van der Waals surface area contributed by atoms with Gasteiger partial charge in [-0.3, -0.25) is 0 Å². The van der Waals surface area contributed by atoms with E-state index in [1.165, 1.54) is 55.6 Å². The Labute approximate surface area is 510 Å². The van der Waals surface area contributed by atoms with Crippen LogP contribution in [0.4, 0.5) is 34.1 Å². The zero-order chi connectivity index (χ0) is 57.4. The average Bonchev–Trinajstić information content (AvgIpc) is 3.60. The monoisotopic (exact) mass is 1140 g/mol. The summed E-state index contributed by atoms with van der Waals surface area (Å²) >= 11 is 9.26. The van der Waals surface area contributed by atoms with Gasteiger partial charge in [-0.15, -0.1) is 11.8 Å². The van der Waals surface area contributed by atoms with Crippen molar-refractivity contribution in [1.29, 1.82) is 5.26 Å².